The van der Waals surface area contributed by atoms with Crippen molar-refractivity contribution in [2.24, 2.45) is 0 Å². The van der Waals surface area contributed by atoms with Gasteiger partial charge in [-0.05, 0) is 42.2 Å². The number of aromatic amines is 1. The minimum atomic E-state index is -0.400. The van der Waals surface area contributed by atoms with Crippen molar-refractivity contribution in [2.75, 3.05) is 5.32 Å². The van der Waals surface area contributed by atoms with E-state index in [1.54, 1.807) is 24.3 Å². The van der Waals surface area contributed by atoms with E-state index in [2.05, 4.69) is 24.3 Å². The number of benzene rings is 2. The molecule has 2 aromatic carbocycles. The molecule has 0 spiro atoms. The van der Waals surface area contributed by atoms with E-state index in [0.29, 0.717) is 22.4 Å². The van der Waals surface area contributed by atoms with Crippen LogP contribution in [0, 0.1) is 0 Å². The second-order valence-electron chi connectivity index (χ2n) is 6.36. The molecule has 3 aromatic rings. The Morgan fingerprint density at radius 2 is 1.73 bits per heavy atom. The first-order valence-corrected chi connectivity index (χ1v) is 8.61. The zero-order valence-electron chi connectivity index (χ0n) is 14.8. The number of rotatable bonds is 5. The maximum atomic E-state index is 12.4. The molecule has 2 N–H and O–H groups in total. The Bertz CT molecular complexity index is 1050. The summed E-state index contributed by atoms with van der Waals surface area (Å²) in [5, 5.41) is 5.81. The maximum Gasteiger partial charge on any atom is 0.273 e. The summed E-state index contributed by atoms with van der Waals surface area (Å²) in [7, 11) is 0. The van der Waals surface area contributed by atoms with Crippen LogP contribution in [-0.2, 0) is 11.3 Å². The van der Waals surface area contributed by atoms with Crippen molar-refractivity contribution < 1.29 is 4.79 Å². The number of hydrogen-bond donors (Lipinski definition) is 2. The molecule has 1 unspecified atom stereocenters. The van der Waals surface area contributed by atoms with Crippen molar-refractivity contribution in [2.45, 2.75) is 32.7 Å². The second kappa shape index (κ2) is 7.39. The molecule has 0 aliphatic heterocycles. The standard InChI is InChI=1S/C20H21N3O3/c1-3-13(2)14-8-10-15(11-9-14)21-18(24)12-23-20(26)17-7-5-4-6-16(17)19(25)22-23/h4-11,13H,3,12H2,1-2H3,(H,21,24)(H,22,25). The number of aromatic nitrogens is 2. The van der Waals surface area contributed by atoms with Gasteiger partial charge in [-0.25, -0.2) is 4.68 Å². The highest BCUT2D eigenvalue weighted by Gasteiger charge is 2.10. The molecular formula is C20H21N3O3. The van der Waals surface area contributed by atoms with Crippen LogP contribution in [0.5, 0.6) is 0 Å². The minimum absolute atomic E-state index is 0.258. The fraction of sp³-hybridized carbons (Fsp3) is 0.250. The SMILES string of the molecule is CCC(C)c1ccc(NC(=O)Cn2[nH]c(=O)c3ccccc3c2=O)cc1. The Morgan fingerprint density at radius 1 is 1.08 bits per heavy atom. The first-order valence-electron chi connectivity index (χ1n) is 8.61. The third-order valence-corrected chi connectivity index (χ3v) is 4.56. The van der Waals surface area contributed by atoms with Gasteiger partial charge in [-0.1, -0.05) is 38.1 Å². The van der Waals surface area contributed by atoms with E-state index in [1.807, 2.05) is 24.3 Å². The summed E-state index contributed by atoms with van der Waals surface area (Å²) in [5.74, 6) is 0.0790. The highest BCUT2D eigenvalue weighted by molar-refractivity contribution is 5.90. The number of nitrogens with one attached hydrogen (secondary N) is 2. The van der Waals surface area contributed by atoms with Crippen LogP contribution in [0.3, 0.4) is 0 Å². The van der Waals surface area contributed by atoms with E-state index in [0.717, 1.165) is 11.1 Å². The van der Waals surface area contributed by atoms with Crippen LogP contribution in [0.2, 0.25) is 0 Å². The van der Waals surface area contributed by atoms with Gasteiger partial charge in [0, 0.05) is 5.69 Å². The quantitative estimate of drug-likeness (QED) is 0.741. The third-order valence-electron chi connectivity index (χ3n) is 4.56. The molecule has 0 fully saturated rings. The van der Waals surface area contributed by atoms with Crippen molar-refractivity contribution in [1.82, 2.24) is 9.78 Å². The molecular weight excluding hydrogens is 330 g/mol. The van der Waals surface area contributed by atoms with Crippen LogP contribution in [0.4, 0.5) is 5.69 Å². The molecule has 0 aliphatic carbocycles. The first-order chi connectivity index (χ1) is 12.5. The third kappa shape index (κ3) is 3.59. The van der Waals surface area contributed by atoms with Gasteiger partial charge >= 0.3 is 0 Å². The highest BCUT2D eigenvalue weighted by Crippen LogP contribution is 2.20. The van der Waals surface area contributed by atoms with E-state index < -0.39 is 11.1 Å². The summed E-state index contributed by atoms with van der Waals surface area (Å²) in [6.45, 7) is 4.02. The number of amides is 1. The number of nitrogens with zero attached hydrogens (tertiary/aromatic N) is 1. The first kappa shape index (κ1) is 17.7. The predicted octanol–water partition coefficient (Wildman–Crippen LogP) is 2.84. The lowest BCUT2D eigenvalue weighted by molar-refractivity contribution is -0.117. The molecule has 1 aromatic heterocycles. The number of hydrogen-bond acceptors (Lipinski definition) is 3. The molecule has 1 amide bonds. The number of fused-ring (bicyclic) bond motifs is 1. The molecule has 6 heteroatoms. The topological polar surface area (TPSA) is 84.0 Å². The molecule has 0 saturated heterocycles. The van der Waals surface area contributed by atoms with Gasteiger partial charge in [0.25, 0.3) is 11.1 Å². The van der Waals surface area contributed by atoms with Gasteiger partial charge in [0.1, 0.15) is 6.54 Å². The van der Waals surface area contributed by atoms with Gasteiger partial charge in [-0.15, -0.1) is 0 Å². The van der Waals surface area contributed by atoms with Crippen molar-refractivity contribution >= 4 is 22.4 Å². The van der Waals surface area contributed by atoms with Gasteiger partial charge in [0.2, 0.25) is 5.91 Å². The fourth-order valence-electron chi connectivity index (χ4n) is 2.83. The van der Waals surface area contributed by atoms with Gasteiger partial charge < -0.3 is 5.32 Å². The van der Waals surface area contributed by atoms with Crippen molar-refractivity contribution in [3.8, 4) is 0 Å². The Morgan fingerprint density at radius 3 is 2.38 bits per heavy atom. The Kier molecular flexibility index (Phi) is 5.02. The summed E-state index contributed by atoms with van der Waals surface area (Å²) in [5.41, 5.74) is 1.06. The Balaban J connectivity index is 1.78. The van der Waals surface area contributed by atoms with E-state index >= 15 is 0 Å². The second-order valence-corrected chi connectivity index (χ2v) is 6.36. The van der Waals surface area contributed by atoms with Crippen molar-refractivity contribution in [3.63, 3.8) is 0 Å². The summed E-state index contributed by atoms with van der Waals surface area (Å²) in [6, 6.07) is 14.2. The molecule has 134 valence electrons. The van der Waals surface area contributed by atoms with Crippen LogP contribution in [0.15, 0.2) is 58.1 Å². The lowest BCUT2D eigenvalue weighted by atomic mass is 9.99. The largest absolute Gasteiger partial charge is 0.324 e. The summed E-state index contributed by atoms with van der Waals surface area (Å²) >= 11 is 0. The normalized spacial score (nSPS) is 12.1. The molecule has 1 atom stereocenters. The fourth-order valence-corrected chi connectivity index (χ4v) is 2.83. The number of anilines is 1. The van der Waals surface area contributed by atoms with E-state index in [9.17, 15) is 14.4 Å². The van der Waals surface area contributed by atoms with Crippen LogP contribution in [0.1, 0.15) is 31.7 Å². The van der Waals surface area contributed by atoms with Gasteiger partial charge in [0.15, 0.2) is 0 Å². The molecule has 3 rings (SSSR count). The molecule has 26 heavy (non-hydrogen) atoms. The Labute approximate surface area is 150 Å². The molecule has 0 bridgehead atoms. The molecule has 0 radical (unpaired) electrons. The highest BCUT2D eigenvalue weighted by atomic mass is 16.2. The maximum absolute atomic E-state index is 12.4. The lowest BCUT2D eigenvalue weighted by Crippen LogP contribution is -2.34. The lowest BCUT2D eigenvalue weighted by Gasteiger charge is -2.11. The molecule has 0 saturated carbocycles. The van der Waals surface area contributed by atoms with E-state index in [-0.39, 0.29) is 12.5 Å². The van der Waals surface area contributed by atoms with Crippen LogP contribution in [0.25, 0.3) is 10.8 Å². The van der Waals surface area contributed by atoms with Crippen molar-refractivity contribution in [3.05, 3.63) is 74.8 Å². The zero-order chi connectivity index (χ0) is 18.7. The van der Waals surface area contributed by atoms with Gasteiger partial charge in [-0.2, -0.15) is 0 Å². The van der Waals surface area contributed by atoms with Crippen molar-refractivity contribution in [1.29, 1.82) is 0 Å². The molecule has 0 aliphatic rings. The van der Waals surface area contributed by atoms with E-state index in [4.69, 9.17) is 0 Å². The molecule has 1 heterocycles. The zero-order valence-corrected chi connectivity index (χ0v) is 14.8. The van der Waals surface area contributed by atoms with Crippen LogP contribution in [-0.4, -0.2) is 15.7 Å². The monoisotopic (exact) mass is 351 g/mol. The summed E-state index contributed by atoms with van der Waals surface area (Å²) in [4.78, 5) is 36.8. The number of carbonyl (C=O) groups excluding carboxylic acids is 1. The van der Waals surface area contributed by atoms with Gasteiger partial charge in [-0.3, -0.25) is 19.5 Å². The average Bonchev–Trinajstić information content (AvgIpc) is 2.66. The number of carbonyl (C=O) groups is 1. The number of H-pyrrole nitrogens is 1. The summed E-state index contributed by atoms with van der Waals surface area (Å²) in [6.07, 6.45) is 1.05. The predicted molar refractivity (Wildman–Crippen MR) is 103 cm³/mol. The minimum Gasteiger partial charge on any atom is -0.324 e. The van der Waals surface area contributed by atoms with Crippen LogP contribution >= 0.6 is 0 Å². The Hall–Kier alpha value is -3.15. The molecule has 6 nitrogen and oxygen atoms in total. The summed E-state index contributed by atoms with van der Waals surface area (Å²) < 4.78 is 1.04. The van der Waals surface area contributed by atoms with Crippen LogP contribution < -0.4 is 16.4 Å². The average molecular weight is 351 g/mol. The van der Waals surface area contributed by atoms with Gasteiger partial charge in [0.05, 0.1) is 10.8 Å². The van der Waals surface area contributed by atoms with E-state index in [1.165, 1.54) is 5.56 Å². The smallest absolute Gasteiger partial charge is 0.273 e.